The molecule has 0 heterocycles. The normalized spacial score (nSPS) is 16.7. The topological polar surface area (TPSA) is 3.24 Å². The van der Waals surface area contributed by atoms with E-state index < -0.39 is 0 Å². The first kappa shape index (κ1) is 39.5. The summed E-state index contributed by atoms with van der Waals surface area (Å²) in [6.07, 6.45) is 45.1. The first-order chi connectivity index (χ1) is 20.6. The molecule has 1 saturated carbocycles. The van der Waals surface area contributed by atoms with E-state index in [1.165, 1.54) is 224 Å². The Labute approximate surface area is 267 Å². The van der Waals surface area contributed by atoms with Crippen LogP contribution >= 0.6 is 0 Å². The fourth-order valence-corrected chi connectivity index (χ4v) is 7.12. The number of rotatable bonds is 23. The average molecular weight is 586 g/mol. The largest absolute Gasteiger partial charge is 0.306 e. The number of hydrogen-bond acceptors (Lipinski definition) is 1. The van der Waals surface area contributed by atoms with Gasteiger partial charge in [0, 0.05) is 0 Å². The predicted molar refractivity (Wildman–Crippen MR) is 193 cm³/mol. The second kappa shape index (κ2) is 30.5. The van der Waals surface area contributed by atoms with Crippen molar-refractivity contribution < 1.29 is 0 Å². The molecule has 42 heavy (non-hydrogen) atoms. The highest BCUT2D eigenvalue weighted by Gasteiger charge is 2.11. The molecule has 1 heteroatoms. The molecule has 1 aliphatic rings. The summed E-state index contributed by atoms with van der Waals surface area (Å²) in [6, 6.07) is 0. The maximum atomic E-state index is 4.54. The van der Waals surface area contributed by atoms with Crippen LogP contribution in [0.15, 0.2) is 24.3 Å². The van der Waals surface area contributed by atoms with Gasteiger partial charge in [0.1, 0.15) is 0 Å². The fourth-order valence-electron chi connectivity index (χ4n) is 7.12. The van der Waals surface area contributed by atoms with E-state index in [4.69, 9.17) is 0 Å². The molecule has 1 aliphatic carbocycles. The molecular weight excluding hydrogens is 506 g/mol. The Morgan fingerprint density at radius 3 is 1.38 bits per heavy atom. The van der Waals surface area contributed by atoms with Crippen molar-refractivity contribution in [3.63, 3.8) is 0 Å². The highest BCUT2D eigenvalue weighted by molar-refractivity contribution is 4.96. The van der Waals surface area contributed by atoms with Crippen LogP contribution in [0.1, 0.15) is 212 Å². The van der Waals surface area contributed by atoms with Crippen molar-refractivity contribution in [3.05, 3.63) is 24.3 Å². The average Bonchev–Trinajstić information content (AvgIpc) is 2.98. The van der Waals surface area contributed by atoms with Gasteiger partial charge in [0.2, 0.25) is 0 Å². The van der Waals surface area contributed by atoms with Crippen LogP contribution in [0, 0.1) is 5.92 Å². The summed E-state index contributed by atoms with van der Waals surface area (Å²) in [5, 5.41) is 0. The maximum Gasteiger partial charge on any atom is -0.00187 e. The fraction of sp³-hybridized carbons (Fsp3) is 0.902. The summed E-state index contributed by atoms with van der Waals surface area (Å²) in [5.41, 5.74) is 3.05. The second-order valence-electron chi connectivity index (χ2n) is 14.5. The van der Waals surface area contributed by atoms with E-state index in [-0.39, 0.29) is 0 Å². The maximum absolute atomic E-state index is 4.54. The van der Waals surface area contributed by atoms with E-state index in [2.05, 4.69) is 32.0 Å². The lowest BCUT2D eigenvalue weighted by Gasteiger charge is -2.19. The summed E-state index contributed by atoms with van der Waals surface area (Å²) in [5.74, 6) is 0.917. The van der Waals surface area contributed by atoms with Crippen LogP contribution in [-0.2, 0) is 0 Å². The van der Waals surface area contributed by atoms with Gasteiger partial charge in [0.25, 0.3) is 0 Å². The van der Waals surface area contributed by atoms with E-state index in [0.717, 1.165) is 5.92 Å². The predicted octanol–water partition coefficient (Wildman–Crippen LogP) is 14.2. The van der Waals surface area contributed by atoms with Crippen molar-refractivity contribution in [1.29, 1.82) is 0 Å². The van der Waals surface area contributed by atoms with Crippen molar-refractivity contribution in [2.45, 2.75) is 212 Å². The molecule has 248 valence electrons. The summed E-state index contributed by atoms with van der Waals surface area (Å²) in [6.45, 7) is 13.7. The Bertz CT molecular complexity index is 576. The second-order valence-corrected chi connectivity index (χ2v) is 14.5. The Balaban J connectivity index is 1.99. The zero-order valence-corrected chi connectivity index (χ0v) is 29.5. The number of nitrogens with zero attached hydrogens (tertiary/aromatic N) is 1. The molecule has 0 bridgehead atoms. The Kier molecular flexibility index (Phi) is 28.6. The van der Waals surface area contributed by atoms with Crippen LogP contribution in [0.2, 0.25) is 0 Å². The molecule has 0 unspecified atom stereocenters. The van der Waals surface area contributed by atoms with Crippen molar-refractivity contribution in [1.82, 2.24) is 4.90 Å². The lowest BCUT2D eigenvalue weighted by atomic mass is 9.87. The smallest absolute Gasteiger partial charge is 0.00187 e. The lowest BCUT2D eigenvalue weighted by molar-refractivity contribution is 0.319. The first-order valence-corrected chi connectivity index (χ1v) is 19.6. The Morgan fingerprint density at radius 1 is 0.476 bits per heavy atom. The van der Waals surface area contributed by atoms with Gasteiger partial charge in [-0.3, -0.25) is 0 Å². The molecule has 0 radical (unpaired) electrons. The first-order valence-electron chi connectivity index (χ1n) is 19.6. The van der Waals surface area contributed by atoms with E-state index >= 15 is 0 Å². The molecule has 0 saturated heterocycles. The minimum atomic E-state index is 0.917. The molecule has 0 spiro atoms. The van der Waals surface area contributed by atoms with Crippen molar-refractivity contribution >= 4 is 0 Å². The van der Waals surface area contributed by atoms with Crippen LogP contribution in [0.25, 0.3) is 0 Å². The zero-order valence-electron chi connectivity index (χ0n) is 29.5. The van der Waals surface area contributed by atoms with E-state index in [9.17, 15) is 0 Å². The number of hydrogen-bond donors (Lipinski definition) is 0. The van der Waals surface area contributed by atoms with Crippen LogP contribution in [0.3, 0.4) is 0 Å². The molecule has 0 N–H and O–H groups in total. The molecule has 1 nitrogen and oxygen atoms in total. The summed E-state index contributed by atoms with van der Waals surface area (Å²) < 4.78 is 0. The van der Waals surface area contributed by atoms with Crippen molar-refractivity contribution in [2.24, 2.45) is 5.92 Å². The molecule has 0 aromatic rings. The number of allylic oxidation sites excluding steroid dienone is 2. The third kappa shape index (κ3) is 27.0. The van der Waals surface area contributed by atoms with Gasteiger partial charge < -0.3 is 4.90 Å². The third-order valence-electron chi connectivity index (χ3n) is 10.1. The van der Waals surface area contributed by atoms with Gasteiger partial charge in [0.05, 0.1) is 0 Å². The molecule has 0 amide bonds. The highest BCUT2D eigenvalue weighted by Crippen LogP contribution is 2.27. The lowest BCUT2D eigenvalue weighted by Crippen LogP contribution is -2.20. The minimum absolute atomic E-state index is 0.917. The third-order valence-corrected chi connectivity index (χ3v) is 10.1. The standard InChI is InChI=1S/C41H79N/c1-5-6-7-8-9-16-20-25-31-39(2)33-30-37-42(4)36-29-24-19-21-26-32-40(3)38-41-34-27-22-17-14-12-10-11-13-15-18-23-28-35-41/h41H,2-3,5-38H2,1,4H3. The van der Waals surface area contributed by atoms with Crippen molar-refractivity contribution in [2.75, 3.05) is 20.1 Å². The summed E-state index contributed by atoms with van der Waals surface area (Å²) >= 11 is 0. The molecular formula is C41H79N. The molecule has 0 aromatic carbocycles. The molecule has 1 rings (SSSR count). The summed E-state index contributed by atoms with van der Waals surface area (Å²) in [7, 11) is 2.32. The van der Waals surface area contributed by atoms with Gasteiger partial charge >= 0.3 is 0 Å². The summed E-state index contributed by atoms with van der Waals surface area (Å²) in [4.78, 5) is 2.55. The van der Waals surface area contributed by atoms with Gasteiger partial charge in [-0.05, 0) is 77.4 Å². The molecule has 0 atom stereocenters. The van der Waals surface area contributed by atoms with E-state index in [0.29, 0.717) is 0 Å². The Morgan fingerprint density at radius 2 is 0.857 bits per heavy atom. The van der Waals surface area contributed by atoms with Crippen LogP contribution in [-0.4, -0.2) is 25.0 Å². The Hall–Kier alpha value is -0.560. The zero-order chi connectivity index (χ0) is 30.4. The van der Waals surface area contributed by atoms with Gasteiger partial charge in [0.15, 0.2) is 0 Å². The minimum Gasteiger partial charge on any atom is -0.306 e. The highest BCUT2D eigenvalue weighted by atomic mass is 15.1. The van der Waals surface area contributed by atoms with Crippen LogP contribution in [0.4, 0.5) is 0 Å². The number of unbranched alkanes of at least 4 members (excludes halogenated alkanes) is 11. The van der Waals surface area contributed by atoms with Gasteiger partial charge in [-0.2, -0.15) is 0 Å². The van der Waals surface area contributed by atoms with Gasteiger partial charge in [-0.1, -0.05) is 185 Å². The SMILES string of the molecule is C=C(CCCCCCCCCC)CCCN(C)CCCCCCCC(=C)CC1CCCCCCCCCCCCCC1. The van der Waals surface area contributed by atoms with Crippen LogP contribution < -0.4 is 0 Å². The van der Waals surface area contributed by atoms with Crippen molar-refractivity contribution in [3.8, 4) is 0 Å². The molecule has 0 aliphatic heterocycles. The monoisotopic (exact) mass is 586 g/mol. The van der Waals surface area contributed by atoms with E-state index in [1.54, 1.807) is 5.57 Å². The quantitative estimate of drug-likeness (QED) is 0.0851. The molecule has 0 aromatic heterocycles. The van der Waals surface area contributed by atoms with Gasteiger partial charge in [-0.15, -0.1) is 0 Å². The molecule has 1 fully saturated rings. The van der Waals surface area contributed by atoms with E-state index in [1.807, 2.05) is 0 Å². The van der Waals surface area contributed by atoms with Gasteiger partial charge in [-0.25, -0.2) is 0 Å². The van der Waals surface area contributed by atoms with Crippen LogP contribution in [0.5, 0.6) is 0 Å².